The molecule has 3 aromatic rings. The van der Waals surface area contributed by atoms with Gasteiger partial charge in [-0.05, 0) is 60.7 Å². The molecule has 0 aliphatic heterocycles. The van der Waals surface area contributed by atoms with E-state index in [1.165, 1.54) is 56.7 Å². The number of benzene rings is 2. The van der Waals surface area contributed by atoms with Gasteiger partial charge in [-0.15, -0.1) is 11.3 Å². The first-order valence-corrected chi connectivity index (χ1v) is 15.0. The predicted octanol–water partition coefficient (Wildman–Crippen LogP) is 8.07. The standard InChI is InChI=1S/C28H33F3N2O2S2/c1-20(17-21-9-4-2-3-5-10-21)32-19-23-11-6-7-14-25(23)33-37(34,35)27-16-15-26(36-27)22-12-8-13-24(18-22)28(29,30)31/h6-8,11-16,18,20-21,32-33H,2-5,9-10,17,19H2,1H3/t20-/m0/s1. The van der Waals surface area contributed by atoms with Crippen molar-refractivity contribution in [2.75, 3.05) is 4.72 Å². The smallest absolute Gasteiger partial charge is 0.310 e. The van der Waals surface area contributed by atoms with Crippen molar-refractivity contribution in [2.24, 2.45) is 5.92 Å². The molecule has 1 heterocycles. The molecule has 1 saturated carbocycles. The van der Waals surface area contributed by atoms with Crippen molar-refractivity contribution in [3.63, 3.8) is 0 Å². The lowest BCUT2D eigenvalue weighted by atomic mass is 9.93. The van der Waals surface area contributed by atoms with Crippen LogP contribution < -0.4 is 10.0 Å². The van der Waals surface area contributed by atoms with Gasteiger partial charge < -0.3 is 5.32 Å². The minimum absolute atomic E-state index is 0.0457. The summed E-state index contributed by atoms with van der Waals surface area (Å²) in [6, 6.07) is 15.5. The first-order valence-electron chi connectivity index (χ1n) is 12.7. The molecule has 1 atom stereocenters. The van der Waals surface area contributed by atoms with Crippen LogP contribution in [0.1, 0.15) is 63.0 Å². The lowest BCUT2D eigenvalue weighted by Gasteiger charge is -2.21. The zero-order valence-electron chi connectivity index (χ0n) is 20.9. The number of halogens is 3. The second kappa shape index (κ2) is 12.0. The molecule has 1 aromatic heterocycles. The Bertz CT molecular complexity index is 1280. The van der Waals surface area contributed by atoms with E-state index in [4.69, 9.17) is 0 Å². The van der Waals surface area contributed by atoms with Crippen molar-refractivity contribution in [3.05, 3.63) is 71.8 Å². The minimum atomic E-state index is -4.46. The maximum absolute atomic E-state index is 13.2. The van der Waals surface area contributed by atoms with Crippen LogP contribution in [0.4, 0.5) is 18.9 Å². The van der Waals surface area contributed by atoms with Gasteiger partial charge in [-0.1, -0.05) is 68.9 Å². The van der Waals surface area contributed by atoms with E-state index in [-0.39, 0.29) is 4.21 Å². The summed E-state index contributed by atoms with van der Waals surface area (Å²) >= 11 is 0.943. The molecular weight excluding hydrogens is 517 g/mol. The maximum Gasteiger partial charge on any atom is 0.416 e. The van der Waals surface area contributed by atoms with Crippen LogP contribution in [-0.2, 0) is 22.7 Å². The summed E-state index contributed by atoms with van der Waals surface area (Å²) in [6.07, 6.45) is 4.49. The number of hydrogen-bond acceptors (Lipinski definition) is 4. The average molecular weight is 551 g/mol. The highest BCUT2D eigenvalue weighted by Crippen LogP contribution is 2.36. The number of nitrogens with one attached hydrogen (secondary N) is 2. The largest absolute Gasteiger partial charge is 0.416 e. The zero-order chi connectivity index (χ0) is 26.5. The second-order valence-electron chi connectivity index (χ2n) is 9.84. The van der Waals surface area contributed by atoms with Gasteiger partial charge in [0.25, 0.3) is 10.0 Å². The fraction of sp³-hybridized carbons (Fsp3) is 0.429. The highest BCUT2D eigenvalue weighted by Gasteiger charge is 2.30. The number of hydrogen-bond donors (Lipinski definition) is 2. The normalized spacial score (nSPS) is 16.3. The topological polar surface area (TPSA) is 58.2 Å². The third-order valence-electron chi connectivity index (χ3n) is 6.88. The first kappa shape index (κ1) is 27.7. The number of rotatable bonds is 9. The quantitative estimate of drug-likeness (QED) is 0.265. The maximum atomic E-state index is 13.2. The Morgan fingerprint density at radius 2 is 1.70 bits per heavy atom. The van der Waals surface area contributed by atoms with Crippen molar-refractivity contribution in [3.8, 4) is 10.4 Å². The Morgan fingerprint density at radius 3 is 2.43 bits per heavy atom. The summed E-state index contributed by atoms with van der Waals surface area (Å²) < 4.78 is 68.3. The SMILES string of the molecule is C[C@@H](CC1CCCCCC1)NCc1ccccc1NS(=O)(=O)c1ccc(-c2cccc(C(F)(F)F)c2)s1. The molecule has 2 N–H and O–H groups in total. The Labute approximate surface area is 221 Å². The van der Waals surface area contributed by atoms with Gasteiger partial charge in [0.1, 0.15) is 4.21 Å². The molecule has 0 unspecified atom stereocenters. The van der Waals surface area contributed by atoms with Crippen LogP contribution in [0.5, 0.6) is 0 Å². The Kier molecular flexibility index (Phi) is 8.98. The van der Waals surface area contributed by atoms with Gasteiger partial charge in [-0.25, -0.2) is 8.42 Å². The molecule has 37 heavy (non-hydrogen) atoms. The molecule has 1 aliphatic carbocycles. The Morgan fingerprint density at radius 1 is 0.973 bits per heavy atom. The van der Waals surface area contributed by atoms with E-state index in [9.17, 15) is 21.6 Å². The van der Waals surface area contributed by atoms with E-state index < -0.39 is 21.8 Å². The number of anilines is 1. The van der Waals surface area contributed by atoms with Crippen LogP contribution >= 0.6 is 11.3 Å². The number of sulfonamides is 1. The highest BCUT2D eigenvalue weighted by molar-refractivity contribution is 7.94. The summed E-state index contributed by atoms with van der Waals surface area (Å²) in [5.74, 6) is 0.739. The Hall–Kier alpha value is -2.36. The van der Waals surface area contributed by atoms with Gasteiger partial charge >= 0.3 is 6.18 Å². The van der Waals surface area contributed by atoms with Gasteiger partial charge in [0, 0.05) is 17.5 Å². The predicted molar refractivity (Wildman–Crippen MR) is 144 cm³/mol. The summed E-state index contributed by atoms with van der Waals surface area (Å²) in [6.45, 7) is 2.71. The lowest BCUT2D eigenvalue weighted by Crippen LogP contribution is -2.28. The van der Waals surface area contributed by atoms with Crippen LogP contribution in [0.2, 0.25) is 0 Å². The van der Waals surface area contributed by atoms with Crippen molar-refractivity contribution in [1.82, 2.24) is 5.32 Å². The van der Waals surface area contributed by atoms with Gasteiger partial charge in [0.2, 0.25) is 0 Å². The fourth-order valence-electron chi connectivity index (χ4n) is 4.90. The molecule has 0 bridgehead atoms. The molecule has 0 radical (unpaired) electrons. The zero-order valence-corrected chi connectivity index (χ0v) is 22.5. The molecule has 4 rings (SSSR count). The van der Waals surface area contributed by atoms with Crippen molar-refractivity contribution < 1.29 is 21.6 Å². The highest BCUT2D eigenvalue weighted by atomic mass is 32.2. The van der Waals surface area contributed by atoms with Crippen molar-refractivity contribution in [2.45, 2.75) is 74.8 Å². The van der Waals surface area contributed by atoms with Crippen molar-refractivity contribution in [1.29, 1.82) is 0 Å². The van der Waals surface area contributed by atoms with Gasteiger partial charge in [0.15, 0.2) is 0 Å². The molecule has 1 aliphatic rings. The molecule has 9 heteroatoms. The number of thiophene rings is 1. The number of para-hydroxylation sites is 1. The Balaban J connectivity index is 1.43. The monoisotopic (exact) mass is 550 g/mol. The molecular formula is C28H33F3N2O2S2. The van der Waals surface area contributed by atoms with Crippen molar-refractivity contribution >= 4 is 27.0 Å². The first-order chi connectivity index (χ1) is 17.6. The van der Waals surface area contributed by atoms with Crippen LogP contribution in [0.3, 0.4) is 0 Å². The summed E-state index contributed by atoms with van der Waals surface area (Å²) in [7, 11) is -3.91. The lowest BCUT2D eigenvalue weighted by molar-refractivity contribution is -0.137. The summed E-state index contributed by atoms with van der Waals surface area (Å²) in [4.78, 5) is 0.453. The summed E-state index contributed by atoms with van der Waals surface area (Å²) in [5, 5.41) is 3.55. The second-order valence-corrected chi connectivity index (χ2v) is 12.8. The van der Waals surface area contributed by atoms with E-state index in [1.807, 2.05) is 12.1 Å². The molecule has 0 spiro atoms. The molecule has 0 amide bonds. The van der Waals surface area contributed by atoms with Gasteiger partial charge in [-0.2, -0.15) is 13.2 Å². The molecule has 4 nitrogen and oxygen atoms in total. The molecule has 200 valence electrons. The minimum Gasteiger partial charge on any atom is -0.310 e. The van der Waals surface area contributed by atoms with Crippen LogP contribution in [0.25, 0.3) is 10.4 Å². The summed E-state index contributed by atoms with van der Waals surface area (Å²) in [5.41, 5.74) is 0.892. The average Bonchev–Trinajstić information content (AvgIpc) is 3.23. The van der Waals surface area contributed by atoms with E-state index >= 15 is 0 Å². The third kappa shape index (κ3) is 7.58. The van der Waals surface area contributed by atoms with Gasteiger partial charge in [0.05, 0.1) is 11.3 Å². The van der Waals surface area contributed by atoms with Crippen LogP contribution in [0.15, 0.2) is 64.9 Å². The molecule has 2 aromatic carbocycles. The molecule has 1 fully saturated rings. The van der Waals surface area contributed by atoms with E-state index in [0.29, 0.717) is 28.7 Å². The fourth-order valence-corrected chi connectivity index (χ4v) is 7.31. The van der Waals surface area contributed by atoms with E-state index in [1.54, 1.807) is 18.2 Å². The number of alkyl halides is 3. The van der Waals surface area contributed by atoms with Crippen LogP contribution in [-0.4, -0.2) is 14.5 Å². The third-order valence-corrected chi connectivity index (χ3v) is 9.88. The molecule has 0 saturated heterocycles. The van der Waals surface area contributed by atoms with Crippen LogP contribution in [0, 0.1) is 5.92 Å². The van der Waals surface area contributed by atoms with Gasteiger partial charge in [-0.3, -0.25) is 4.72 Å². The van der Waals surface area contributed by atoms with E-state index in [0.717, 1.165) is 41.4 Å². The van der Waals surface area contributed by atoms with E-state index in [2.05, 4.69) is 17.0 Å².